The number of rotatable bonds is 79. The summed E-state index contributed by atoms with van der Waals surface area (Å²) in [7, 11) is -9.91. The van der Waals surface area contributed by atoms with Crippen LogP contribution >= 0.6 is 15.6 Å². The average molecular weight is 1440 g/mol. The zero-order chi connectivity index (χ0) is 71.9. The van der Waals surface area contributed by atoms with E-state index in [1.165, 1.54) is 244 Å². The molecule has 0 aromatic rings. The summed E-state index contributed by atoms with van der Waals surface area (Å²) in [6.07, 6.45) is 62.3. The van der Waals surface area contributed by atoms with Crippen LogP contribution in [-0.2, 0) is 65.4 Å². The molecule has 0 aliphatic rings. The zero-order valence-electron chi connectivity index (χ0n) is 63.9. The van der Waals surface area contributed by atoms with Crippen molar-refractivity contribution >= 4 is 39.5 Å². The molecular weight excluding hydrogens is 1280 g/mol. The Bertz CT molecular complexity index is 1880. The number of carbonyl (C=O) groups excluding carboxylic acids is 4. The maximum atomic E-state index is 13.1. The molecule has 0 heterocycles. The first kappa shape index (κ1) is 96.1. The van der Waals surface area contributed by atoms with Gasteiger partial charge in [-0.3, -0.25) is 37.3 Å². The van der Waals surface area contributed by atoms with Gasteiger partial charge in [0, 0.05) is 25.7 Å². The van der Waals surface area contributed by atoms with Crippen LogP contribution in [-0.4, -0.2) is 96.7 Å². The lowest BCUT2D eigenvalue weighted by atomic mass is 9.99. The van der Waals surface area contributed by atoms with Crippen molar-refractivity contribution in [3.8, 4) is 0 Å². The minimum absolute atomic E-state index is 0.108. The van der Waals surface area contributed by atoms with Gasteiger partial charge in [0.25, 0.3) is 0 Å². The van der Waals surface area contributed by atoms with E-state index in [0.29, 0.717) is 25.7 Å². The van der Waals surface area contributed by atoms with Crippen LogP contribution in [0.1, 0.15) is 420 Å². The molecular formula is C79H154O17P2. The highest BCUT2D eigenvalue weighted by molar-refractivity contribution is 7.47. The summed E-state index contributed by atoms with van der Waals surface area (Å²) in [6, 6.07) is 0. The van der Waals surface area contributed by atoms with Gasteiger partial charge in [0.1, 0.15) is 19.3 Å². The van der Waals surface area contributed by atoms with Crippen molar-refractivity contribution in [2.75, 3.05) is 39.6 Å². The summed E-state index contributed by atoms with van der Waals surface area (Å²) in [5.41, 5.74) is 0. The van der Waals surface area contributed by atoms with Crippen LogP contribution in [0.2, 0.25) is 0 Å². The van der Waals surface area contributed by atoms with E-state index < -0.39 is 97.5 Å². The SMILES string of the molecule is CCCCCCCCCCCCCCCCCCCCC(=O)OC[C@H](COP(=O)(O)OC[C@@H](O)COP(=O)(O)OC[C@@H](COC(=O)CCCCCCCCCCCCC)OC(=O)CCCCCCCCCCCCC)OC(=O)CCCCCCCCCCCCCCCCC(C)CC. The Labute approximate surface area is 600 Å². The minimum Gasteiger partial charge on any atom is -0.462 e. The van der Waals surface area contributed by atoms with Crippen LogP contribution < -0.4 is 0 Å². The maximum Gasteiger partial charge on any atom is 0.472 e. The molecule has 17 nitrogen and oxygen atoms in total. The smallest absolute Gasteiger partial charge is 0.462 e. The second-order valence-electron chi connectivity index (χ2n) is 28.7. The van der Waals surface area contributed by atoms with Gasteiger partial charge in [0.2, 0.25) is 0 Å². The van der Waals surface area contributed by atoms with E-state index in [4.69, 9.17) is 37.0 Å². The van der Waals surface area contributed by atoms with Gasteiger partial charge in [0.15, 0.2) is 12.2 Å². The number of hydrogen-bond acceptors (Lipinski definition) is 15. The molecule has 98 heavy (non-hydrogen) atoms. The summed E-state index contributed by atoms with van der Waals surface area (Å²) in [6.45, 7) is 7.36. The molecule has 19 heteroatoms. The fourth-order valence-electron chi connectivity index (χ4n) is 12.2. The molecule has 0 amide bonds. The van der Waals surface area contributed by atoms with E-state index in [0.717, 1.165) is 95.8 Å². The minimum atomic E-state index is -4.96. The molecule has 0 aliphatic carbocycles. The predicted octanol–water partition coefficient (Wildman–Crippen LogP) is 23.6. The lowest BCUT2D eigenvalue weighted by molar-refractivity contribution is -0.161. The van der Waals surface area contributed by atoms with Crippen molar-refractivity contribution in [3.63, 3.8) is 0 Å². The molecule has 0 spiro atoms. The molecule has 0 radical (unpaired) electrons. The molecule has 3 unspecified atom stereocenters. The van der Waals surface area contributed by atoms with E-state index in [-0.39, 0.29) is 25.7 Å². The summed E-state index contributed by atoms with van der Waals surface area (Å²) in [5, 5.41) is 10.6. The van der Waals surface area contributed by atoms with E-state index >= 15 is 0 Å². The normalized spacial score (nSPS) is 14.2. The average Bonchev–Trinajstić information content (AvgIpc) is 1.09. The summed E-state index contributed by atoms with van der Waals surface area (Å²) < 4.78 is 68.6. The lowest BCUT2D eigenvalue weighted by Gasteiger charge is -2.21. The molecule has 0 aromatic carbocycles. The maximum absolute atomic E-state index is 13.1. The fourth-order valence-corrected chi connectivity index (χ4v) is 13.8. The van der Waals surface area contributed by atoms with Crippen LogP contribution in [0.3, 0.4) is 0 Å². The Hall–Kier alpha value is -1.94. The van der Waals surface area contributed by atoms with Crippen LogP contribution in [0.25, 0.3) is 0 Å². The highest BCUT2D eigenvalue weighted by Gasteiger charge is 2.30. The third-order valence-electron chi connectivity index (χ3n) is 18.9. The molecule has 0 aliphatic heterocycles. The van der Waals surface area contributed by atoms with Gasteiger partial charge in [0.05, 0.1) is 26.4 Å². The number of aliphatic hydroxyl groups excluding tert-OH is 1. The monoisotopic (exact) mass is 1440 g/mol. The second kappa shape index (κ2) is 72.0. The van der Waals surface area contributed by atoms with Crippen molar-refractivity contribution in [1.82, 2.24) is 0 Å². The number of aliphatic hydroxyl groups is 1. The van der Waals surface area contributed by atoms with Crippen LogP contribution in [0.5, 0.6) is 0 Å². The van der Waals surface area contributed by atoms with Gasteiger partial charge in [-0.05, 0) is 31.6 Å². The number of phosphoric acid groups is 2. The van der Waals surface area contributed by atoms with Gasteiger partial charge < -0.3 is 33.8 Å². The summed E-state index contributed by atoms with van der Waals surface area (Å²) in [5.74, 6) is -1.26. The van der Waals surface area contributed by atoms with E-state index in [1.54, 1.807) is 0 Å². The number of hydrogen-bond donors (Lipinski definition) is 3. The van der Waals surface area contributed by atoms with Gasteiger partial charge in [-0.25, -0.2) is 9.13 Å². The number of carbonyl (C=O) groups is 4. The first-order valence-electron chi connectivity index (χ1n) is 41.2. The number of ether oxygens (including phenoxy) is 4. The molecule has 0 saturated carbocycles. The quantitative estimate of drug-likeness (QED) is 0.0222. The van der Waals surface area contributed by atoms with Crippen molar-refractivity contribution < 1.29 is 80.2 Å². The highest BCUT2D eigenvalue weighted by Crippen LogP contribution is 2.45. The van der Waals surface area contributed by atoms with Gasteiger partial charge in [-0.2, -0.15) is 0 Å². The molecule has 0 saturated heterocycles. The van der Waals surface area contributed by atoms with E-state index in [2.05, 4.69) is 34.6 Å². The van der Waals surface area contributed by atoms with Crippen LogP contribution in [0.15, 0.2) is 0 Å². The Morgan fingerprint density at radius 1 is 0.286 bits per heavy atom. The third kappa shape index (κ3) is 71.1. The van der Waals surface area contributed by atoms with Crippen LogP contribution in [0, 0.1) is 5.92 Å². The van der Waals surface area contributed by atoms with Crippen molar-refractivity contribution in [2.45, 2.75) is 438 Å². The summed E-state index contributed by atoms with van der Waals surface area (Å²) >= 11 is 0. The van der Waals surface area contributed by atoms with Gasteiger partial charge in [-0.1, -0.05) is 369 Å². The molecule has 0 bridgehead atoms. The van der Waals surface area contributed by atoms with Crippen LogP contribution in [0.4, 0.5) is 0 Å². The predicted molar refractivity (Wildman–Crippen MR) is 400 cm³/mol. The zero-order valence-corrected chi connectivity index (χ0v) is 65.7. The molecule has 0 fully saturated rings. The van der Waals surface area contributed by atoms with Crippen molar-refractivity contribution in [1.29, 1.82) is 0 Å². The Balaban J connectivity index is 5.23. The number of unbranched alkanes of at least 4 members (excludes halogenated alkanes) is 50. The van der Waals surface area contributed by atoms with E-state index in [1.807, 2.05) is 0 Å². The lowest BCUT2D eigenvalue weighted by Crippen LogP contribution is -2.30. The second-order valence-corrected chi connectivity index (χ2v) is 31.6. The topological polar surface area (TPSA) is 237 Å². The standard InChI is InChI=1S/C79H154O17P2/c1-6-10-13-16-19-22-25-26-27-28-29-30-34-39-43-48-53-58-63-77(82)90-69-75(96-79(84)65-60-55-50-45-40-35-32-31-33-38-41-46-51-56-61-72(5)9-4)71-94-98(87,88)92-67-73(80)66-91-97(85,86)93-70-74(95-78(83)64-59-54-49-44-37-24-21-18-15-12-8-3)68-89-76(81)62-57-52-47-42-36-23-20-17-14-11-7-2/h72-75,80H,6-71H2,1-5H3,(H,85,86)(H,87,88)/t72?,73-,74+,75+/m0/s1. The molecule has 582 valence electrons. The first-order chi connectivity index (χ1) is 47.6. The third-order valence-corrected chi connectivity index (χ3v) is 20.8. The largest absolute Gasteiger partial charge is 0.472 e. The van der Waals surface area contributed by atoms with E-state index in [9.17, 15) is 43.2 Å². The summed E-state index contributed by atoms with van der Waals surface area (Å²) in [4.78, 5) is 72.9. The number of phosphoric ester groups is 2. The fraction of sp³-hybridized carbons (Fsp3) is 0.949. The van der Waals surface area contributed by atoms with Gasteiger partial charge >= 0.3 is 39.5 Å². The van der Waals surface area contributed by atoms with Crippen molar-refractivity contribution in [3.05, 3.63) is 0 Å². The number of esters is 4. The molecule has 0 rings (SSSR count). The Kier molecular flexibility index (Phi) is 70.6. The highest BCUT2D eigenvalue weighted by atomic mass is 31.2. The molecule has 6 atom stereocenters. The Morgan fingerprint density at radius 3 is 0.724 bits per heavy atom. The van der Waals surface area contributed by atoms with Crippen molar-refractivity contribution in [2.24, 2.45) is 5.92 Å². The molecule has 0 aromatic heterocycles. The first-order valence-corrected chi connectivity index (χ1v) is 44.2. The molecule has 3 N–H and O–H groups in total. The Morgan fingerprint density at radius 2 is 0.490 bits per heavy atom. The van der Waals surface area contributed by atoms with Gasteiger partial charge in [-0.15, -0.1) is 0 Å².